The second kappa shape index (κ2) is 6.23. The van der Waals surface area contributed by atoms with E-state index in [1.165, 1.54) is 12.8 Å². The number of carboxylic acid groups (broad SMARTS) is 1. The number of carbonyl (C=O) groups excluding carboxylic acids is 1. The van der Waals surface area contributed by atoms with Crippen molar-refractivity contribution in [1.29, 1.82) is 0 Å². The van der Waals surface area contributed by atoms with Gasteiger partial charge in [-0.25, -0.2) is 4.79 Å². The number of nitrogens with zero attached hydrogens (tertiary/aromatic N) is 1. The molecule has 0 saturated carbocycles. The first kappa shape index (κ1) is 14.1. The summed E-state index contributed by atoms with van der Waals surface area (Å²) in [5.41, 5.74) is 0. The molecule has 6 nitrogen and oxygen atoms in total. The van der Waals surface area contributed by atoms with Crippen LogP contribution in [0.5, 0.6) is 0 Å². The number of amides is 2. The highest BCUT2D eigenvalue weighted by molar-refractivity contribution is 5.76. The van der Waals surface area contributed by atoms with Crippen molar-refractivity contribution in [1.82, 2.24) is 15.5 Å². The maximum Gasteiger partial charge on any atom is 0.315 e. The highest BCUT2D eigenvalue weighted by Gasteiger charge is 2.36. The van der Waals surface area contributed by atoms with Gasteiger partial charge in [0.2, 0.25) is 0 Å². The molecule has 0 aromatic heterocycles. The predicted molar refractivity (Wildman–Crippen MR) is 71.0 cm³/mol. The van der Waals surface area contributed by atoms with Crippen molar-refractivity contribution < 1.29 is 14.7 Å². The summed E-state index contributed by atoms with van der Waals surface area (Å²) >= 11 is 0. The second-order valence-corrected chi connectivity index (χ2v) is 5.59. The van der Waals surface area contributed by atoms with Gasteiger partial charge in [0.05, 0.1) is 5.92 Å². The summed E-state index contributed by atoms with van der Waals surface area (Å²) in [5.74, 6) is -1.44. The lowest BCUT2D eigenvalue weighted by Gasteiger charge is -2.32. The summed E-state index contributed by atoms with van der Waals surface area (Å²) in [5, 5.41) is 14.4. The van der Waals surface area contributed by atoms with Crippen LogP contribution in [0.25, 0.3) is 0 Å². The average molecular weight is 269 g/mol. The Kier molecular flexibility index (Phi) is 4.63. The van der Waals surface area contributed by atoms with E-state index < -0.39 is 11.9 Å². The van der Waals surface area contributed by atoms with Gasteiger partial charge in [-0.3, -0.25) is 9.69 Å². The molecule has 3 atom stereocenters. The van der Waals surface area contributed by atoms with E-state index in [2.05, 4.69) is 15.5 Å². The van der Waals surface area contributed by atoms with Crippen molar-refractivity contribution >= 4 is 12.0 Å². The maximum absolute atomic E-state index is 11.8. The molecule has 2 fully saturated rings. The van der Waals surface area contributed by atoms with Crippen LogP contribution in [0.1, 0.15) is 32.6 Å². The van der Waals surface area contributed by atoms with Crippen molar-refractivity contribution in [3.05, 3.63) is 0 Å². The molecular formula is C13H23N3O3. The Morgan fingerprint density at radius 1 is 1.32 bits per heavy atom. The molecule has 0 spiro atoms. The molecule has 0 aliphatic carbocycles. The van der Waals surface area contributed by atoms with Crippen LogP contribution in [0.4, 0.5) is 4.79 Å². The zero-order valence-electron chi connectivity index (χ0n) is 11.4. The number of aliphatic carboxylic acids is 1. The maximum atomic E-state index is 11.8. The number of hydrogen-bond donors (Lipinski definition) is 3. The Bertz CT molecular complexity index is 348. The van der Waals surface area contributed by atoms with Gasteiger partial charge in [0, 0.05) is 25.2 Å². The van der Waals surface area contributed by atoms with Gasteiger partial charge in [0.15, 0.2) is 0 Å². The van der Waals surface area contributed by atoms with E-state index in [1.54, 1.807) is 6.92 Å². The standard InChI is InChI=1S/C13H23N3O3/c1-9(12(17)18)8-14-13(19)15-10-5-7-16-6-3-2-4-11(10)16/h9-11H,2-8H2,1H3,(H,17,18)(H2,14,15,19). The highest BCUT2D eigenvalue weighted by atomic mass is 16.4. The van der Waals surface area contributed by atoms with E-state index in [-0.39, 0.29) is 18.6 Å². The molecule has 0 bridgehead atoms. The van der Waals surface area contributed by atoms with Crippen molar-refractivity contribution in [3.8, 4) is 0 Å². The molecule has 19 heavy (non-hydrogen) atoms. The Hall–Kier alpha value is -1.30. The molecule has 2 aliphatic heterocycles. The summed E-state index contributed by atoms with van der Waals surface area (Å²) in [7, 11) is 0. The van der Waals surface area contributed by atoms with Gasteiger partial charge < -0.3 is 15.7 Å². The van der Waals surface area contributed by atoms with E-state index >= 15 is 0 Å². The minimum Gasteiger partial charge on any atom is -0.481 e. The van der Waals surface area contributed by atoms with Crippen molar-refractivity contribution in [2.24, 2.45) is 5.92 Å². The molecule has 2 saturated heterocycles. The number of nitrogens with one attached hydrogen (secondary N) is 2. The van der Waals surface area contributed by atoms with Crippen molar-refractivity contribution in [2.75, 3.05) is 19.6 Å². The van der Waals surface area contributed by atoms with Gasteiger partial charge in [0.1, 0.15) is 0 Å². The van der Waals surface area contributed by atoms with Gasteiger partial charge >= 0.3 is 12.0 Å². The molecule has 108 valence electrons. The van der Waals surface area contributed by atoms with Crippen LogP contribution in [0, 0.1) is 5.92 Å². The van der Waals surface area contributed by atoms with Gasteiger partial charge in [-0.1, -0.05) is 13.3 Å². The first-order valence-electron chi connectivity index (χ1n) is 7.09. The van der Waals surface area contributed by atoms with E-state index in [0.29, 0.717) is 6.04 Å². The zero-order valence-corrected chi connectivity index (χ0v) is 11.4. The lowest BCUT2D eigenvalue weighted by atomic mass is 9.99. The summed E-state index contributed by atoms with van der Waals surface area (Å²) < 4.78 is 0. The molecule has 0 radical (unpaired) electrons. The quantitative estimate of drug-likeness (QED) is 0.699. The Labute approximate surface area is 113 Å². The Morgan fingerprint density at radius 3 is 2.84 bits per heavy atom. The normalized spacial score (nSPS) is 28.5. The van der Waals surface area contributed by atoms with Gasteiger partial charge in [-0.05, 0) is 25.8 Å². The number of carbonyl (C=O) groups is 2. The molecule has 2 aliphatic rings. The third-order valence-electron chi connectivity index (χ3n) is 4.16. The third-order valence-corrected chi connectivity index (χ3v) is 4.16. The van der Waals surface area contributed by atoms with Gasteiger partial charge in [-0.15, -0.1) is 0 Å². The second-order valence-electron chi connectivity index (χ2n) is 5.59. The van der Waals surface area contributed by atoms with Crippen LogP contribution in [-0.4, -0.2) is 53.7 Å². The lowest BCUT2D eigenvalue weighted by Crippen LogP contribution is -2.50. The van der Waals surface area contributed by atoms with Gasteiger partial charge in [-0.2, -0.15) is 0 Å². The first-order valence-corrected chi connectivity index (χ1v) is 7.09. The molecule has 3 N–H and O–H groups in total. The number of hydrogen-bond acceptors (Lipinski definition) is 3. The van der Waals surface area contributed by atoms with E-state index in [9.17, 15) is 9.59 Å². The topological polar surface area (TPSA) is 81.7 Å². The van der Waals surface area contributed by atoms with Crippen LogP contribution in [0.15, 0.2) is 0 Å². The van der Waals surface area contributed by atoms with E-state index in [0.717, 1.165) is 25.9 Å². The minimum atomic E-state index is -0.889. The number of piperidine rings is 1. The Balaban J connectivity index is 1.75. The average Bonchev–Trinajstić information content (AvgIpc) is 2.79. The van der Waals surface area contributed by atoms with Gasteiger partial charge in [0.25, 0.3) is 0 Å². The highest BCUT2D eigenvalue weighted by Crippen LogP contribution is 2.26. The molecule has 0 aromatic carbocycles. The first-order chi connectivity index (χ1) is 9.08. The van der Waals surface area contributed by atoms with Crippen LogP contribution in [0.3, 0.4) is 0 Å². The minimum absolute atomic E-state index is 0.169. The van der Waals surface area contributed by atoms with Crippen molar-refractivity contribution in [2.45, 2.75) is 44.7 Å². The number of fused-ring (bicyclic) bond motifs is 1. The number of urea groups is 1. The fourth-order valence-corrected chi connectivity index (χ4v) is 2.97. The predicted octanol–water partition coefficient (Wildman–Crippen LogP) is 0.633. The Morgan fingerprint density at radius 2 is 2.11 bits per heavy atom. The molecule has 2 rings (SSSR count). The van der Waals surface area contributed by atoms with Crippen molar-refractivity contribution in [3.63, 3.8) is 0 Å². The fraction of sp³-hybridized carbons (Fsp3) is 0.846. The van der Waals surface area contributed by atoms with Crippen LogP contribution < -0.4 is 10.6 Å². The molecule has 0 aromatic rings. The van der Waals surface area contributed by atoms with E-state index in [1.807, 2.05) is 0 Å². The molecule has 2 amide bonds. The summed E-state index contributed by atoms with van der Waals surface area (Å²) in [6, 6.07) is 0.433. The molecule has 3 unspecified atom stereocenters. The largest absolute Gasteiger partial charge is 0.481 e. The lowest BCUT2D eigenvalue weighted by molar-refractivity contribution is -0.140. The summed E-state index contributed by atoms with van der Waals surface area (Å²) in [4.78, 5) is 24.9. The fourth-order valence-electron chi connectivity index (χ4n) is 2.97. The van der Waals surface area contributed by atoms with E-state index in [4.69, 9.17) is 5.11 Å². The molecular weight excluding hydrogens is 246 g/mol. The van der Waals surface area contributed by atoms with Crippen LogP contribution in [0.2, 0.25) is 0 Å². The zero-order chi connectivity index (χ0) is 13.8. The number of carboxylic acids is 1. The number of rotatable bonds is 4. The summed E-state index contributed by atoms with van der Waals surface area (Å²) in [6.07, 6.45) is 4.63. The molecule has 6 heteroatoms. The smallest absolute Gasteiger partial charge is 0.315 e. The van der Waals surface area contributed by atoms with Crippen LogP contribution in [-0.2, 0) is 4.79 Å². The molecule has 2 heterocycles. The summed E-state index contributed by atoms with van der Waals surface area (Å²) in [6.45, 7) is 3.95. The monoisotopic (exact) mass is 269 g/mol. The SMILES string of the molecule is CC(CNC(=O)NC1CCN2CCCCC12)C(=O)O. The van der Waals surface area contributed by atoms with Crippen LogP contribution >= 0.6 is 0 Å². The third kappa shape index (κ3) is 3.59.